The Morgan fingerprint density at radius 2 is 1.80 bits per heavy atom. The van der Waals surface area contributed by atoms with Crippen LogP contribution in [0.3, 0.4) is 0 Å². The topological polar surface area (TPSA) is 75.0 Å². The number of allylic oxidation sites excluding steroid dienone is 4. The van der Waals surface area contributed by atoms with Crippen LogP contribution in [0.5, 0.6) is 0 Å². The molecule has 5 N–H and O–H groups in total. The molecule has 0 bridgehead atoms. The van der Waals surface area contributed by atoms with Crippen LogP contribution in [0, 0.1) is 17.2 Å². The Kier molecular flexibility index (Phi) is 11.6. The number of halogens is 1. The van der Waals surface area contributed by atoms with Gasteiger partial charge in [-0.3, -0.25) is 0 Å². The third-order valence-electron chi connectivity index (χ3n) is 6.17. The van der Waals surface area contributed by atoms with Crippen molar-refractivity contribution < 1.29 is 4.39 Å². The van der Waals surface area contributed by atoms with Crippen molar-refractivity contribution in [2.75, 3.05) is 10.6 Å². The Balaban J connectivity index is 3.16. The molecule has 0 aliphatic rings. The third-order valence-corrected chi connectivity index (χ3v) is 6.17. The second kappa shape index (κ2) is 13.4. The van der Waals surface area contributed by atoms with E-state index in [4.69, 9.17) is 5.73 Å². The molecule has 1 heterocycles. The first-order chi connectivity index (χ1) is 16.2. The van der Waals surface area contributed by atoms with Gasteiger partial charge in [0.1, 0.15) is 5.82 Å². The number of hydrogen-bond acceptors (Lipinski definition) is 5. The van der Waals surface area contributed by atoms with E-state index in [2.05, 4.69) is 82.2 Å². The van der Waals surface area contributed by atoms with Gasteiger partial charge in [-0.15, -0.1) is 0 Å². The van der Waals surface area contributed by atoms with Crippen molar-refractivity contribution in [2.45, 2.75) is 93.2 Å². The van der Waals surface area contributed by atoms with E-state index in [0.29, 0.717) is 17.3 Å². The van der Waals surface area contributed by atoms with Gasteiger partial charge in [-0.05, 0) is 56.9 Å². The van der Waals surface area contributed by atoms with E-state index in [-0.39, 0.29) is 29.0 Å². The minimum atomic E-state index is -0.470. The number of aromatic nitrogens is 1. The summed E-state index contributed by atoms with van der Waals surface area (Å²) in [6.07, 6.45) is 5.41. The fourth-order valence-corrected chi connectivity index (χ4v) is 4.00. The summed E-state index contributed by atoms with van der Waals surface area (Å²) in [5.41, 5.74) is 9.96. The molecule has 1 rings (SSSR count). The van der Waals surface area contributed by atoms with Crippen molar-refractivity contribution in [1.29, 1.82) is 0 Å². The van der Waals surface area contributed by atoms with Crippen molar-refractivity contribution in [3.8, 4) is 0 Å². The van der Waals surface area contributed by atoms with Gasteiger partial charge in [-0.1, -0.05) is 72.9 Å². The lowest BCUT2D eigenvalue weighted by molar-refractivity contribution is 0.381. The van der Waals surface area contributed by atoms with E-state index in [1.165, 1.54) is 11.6 Å². The third kappa shape index (κ3) is 9.79. The molecule has 1 aromatic heterocycles. The van der Waals surface area contributed by atoms with Gasteiger partial charge in [-0.2, -0.15) is 0 Å². The zero-order valence-corrected chi connectivity index (χ0v) is 23.2. The summed E-state index contributed by atoms with van der Waals surface area (Å²) >= 11 is 0. The smallest absolute Gasteiger partial charge is 0.166 e. The van der Waals surface area contributed by atoms with Gasteiger partial charge in [-0.25, -0.2) is 9.37 Å². The summed E-state index contributed by atoms with van der Waals surface area (Å²) in [7, 11) is 0. The van der Waals surface area contributed by atoms with Crippen LogP contribution < -0.4 is 21.7 Å². The first-order valence-electron chi connectivity index (χ1n) is 12.7. The van der Waals surface area contributed by atoms with Gasteiger partial charge in [0.05, 0.1) is 0 Å². The Bertz CT molecular complexity index is 926. The number of anilines is 2. The molecule has 0 saturated heterocycles. The Morgan fingerprint density at radius 3 is 2.29 bits per heavy atom. The molecule has 0 aromatic carbocycles. The molecule has 196 valence electrons. The highest BCUT2D eigenvalue weighted by atomic mass is 19.1. The maximum absolute atomic E-state index is 15.1. The number of rotatable bonds is 14. The van der Waals surface area contributed by atoms with E-state index in [1.807, 2.05) is 19.9 Å². The number of pyridine rings is 1. The molecular formula is C29H48FN5. The molecule has 3 atom stereocenters. The van der Waals surface area contributed by atoms with Crippen LogP contribution in [0.4, 0.5) is 16.0 Å². The number of nitrogens with two attached hydrogens (primary N) is 1. The molecular weight excluding hydrogens is 437 g/mol. The van der Waals surface area contributed by atoms with Crippen LogP contribution in [0.1, 0.15) is 86.6 Å². The second-order valence-electron chi connectivity index (χ2n) is 10.7. The van der Waals surface area contributed by atoms with E-state index < -0.39 is 5.82 Å². The average Bonchev–Trinajstić information content (AvgIpc) is 2.76. The lowest BCUT2D eigenvalue weighted by Gasteiger charge is -2.30. The van der Waals surface area contributed by atoms with Crippen molar-refractivity contribution in [1.82, 2.24) is 10.3 Å². The SMILES string of the molecule is C=C(CC(C)(C)C)N[C@@H](CC)C(C)Nc1nc(N/C(=C/C)CC(C)C(=C)CC)c(C(=C)N)cc1F. The van der Waals surface area contributed by atoms with E-state index in [0.717, 1.165) is 37.1 Å². The lowest BCUT2D eigenvalue weighted by atomic mass is 9.90. The van der Waals surface area contributed by atoms with Crippen LogP contribution in [-0.4, -0.2) is 17.1 Å². The predicted molar refractivity (Wildman–Crippen MR) is 152 cm³/mol. The summed E-state index contributed by atoms with van der Waals surface area (Å²) in [5, 5.41) is 10.1. The molecule has 0 aliphatic carbocycles. The summed E-state index contributed by atoms with van der Waals surface area (Å²) in [5.74, 6) is 0.489. The average molecular weight is 486 g/mol. The van der Waals surface area contributed by atoms with Crippen LogP contribution in [0.2, 0.25) is 0 Å². The maximum Gasteiger partial charge on any atom is 0.166 e. The Morgan fingerprint density at radius 1 is 1.17 bits per heavy atom. The Hall–Kier alpha value is -2.76. The molecule has 35 heavy (non-hydrogen) atoms. The van der Waals surface area contributed by atoms with Gasteiger partial charge in [0.2, 0.25) is 0 Å². The highest BCUT2D eigenvalue weighted by Crippen LogP contribution is 2.28. The van der Waals surface area contributed by atoms with Crippen molar-refractivity contribution >= 4 is 17.3 Å². The molecule has 5 nitrogen and oxygen atoms in total. The molecule has 6 heteroatoms. The lowest BCUT2D eigenvalue weighted by Crippen LogP contribution is -2.42. The summed E-state index contributed by atoms with van der Waals surface area (Å²) in [6, 6.07) is 1.37. The van der Waals surface area contributed by atoms with Crippen LogP contribution in [-0.2, 0) is 0 Å². The van der Waals surface area contributed by atoms with Gasteiger partial charge in [0.15, 0.2) is 11.6 Å². The van der Waals surface area contributed by atoms with Crippen LogP contribution in [0.15, 0.2) is 48.8 Å². The molecule has 0 radical (unpaired) electrons. The quantitative estimate of drug-likeness (QED) is 0.204. The largest absolute Gasteiger partial charge is 0.399 e. The molecule has 1 aromatic rings. The summed E-state index contributed by atoms with van der Waals surface area (Å²) in [4.78, 5) is 4.60. The molecule has 0 spiro atoms. The molecule has 0 amide bonds. The van der Waals surface area contributed by atoms with Crippen molar-refractivity contribution in [3.63, 3.8) is 0 Å². The van der Waals surface area contributed by atoms with Crippen LogP contribution in [0.25, 0.3) is 5.70 Å². The predicted octanol–water partition coefficient (Wildman–Crippen LogP) is 7.58. The fraction of sp³-hybridized carbons (Fsp3) is 0.552. The highest BCUT2D eigenvalue weighted by Gasteiger charge is 2.22. The number of nitrogens with zero attached hydrogens (tertiary/aromatic N) is 1. The van der Waals surface area contributed by atoms with E-state index in [1.54, 1.807) is 0 Å². The van der Waals surface area contributed by atoms with Crippen molar-refractivity contribution in [3.05, 3.63) is 60.2 Å². The second-order valence-corrected chi connectivity index (χ2v) is 10.7. The van der Waals surface area contributed by atoms with E-state index in [9.17, 15) is 0 Å². The minimum Gasteiger partial charge on any atom is -0.399 e. The fourth-order valence-electron chi connectivity index (χ4n) is 4.00. The van der Waals surface area contributed by atoms with Gasteiger partial charge in [0.25, 0.3) is 0 Å². The first-order valence-corrected chi connectivity index (χ1v) is 12.7. The zero-order valence-electron chi connectivity index (χ0n) is 23.2. The standard InChI is InChI=1S/C29H48FN5/c1-12-18(4)19(5)15-23(13-2)34-27-24(21(7)31)16-25(30)28(35-27)33-22(8)26(14-3)32-20(6)17-29(9,10)11/h13,16,19,22,26,32H,4,6-7,12,14-15,17,31H2,1-3,5,8-11H3,(H2,33,34,35)/b23-13+/t19?,22?,26-/m0/s1. The first kappa shape index (κ1) is 30.3. The normalized spacial score (nSPS) is 14.6. The summed E-state index contributed by atoms with van der Waals surface area (Å²) in [6.45, 7) is 29.0. The monoisotopic (exact) mass is 485 g/mol. The molecule has 0 fully saturated rings. The molecule has 0 saturated carbocycles. The molecule has 2 unspecified atom stereocenters. The highest BCUT2D eigenvalue weighted by molar-refractivity contribution is 5.73. The number of nitrogens with one attached hydrogen (secondary N) is 3. The zero-order chi connectivity index (χ0) is 26.9. The van der Waals surface area contributed by atoms with Crippen molar-refractivity contribution in [2.24, 2.45) is 17.1 Å². The maximum atomic E-state index is 15.1. The van der Waals surface area contributed by atoms with Crippen LogP contribution >= 0.6 is 0 Å². The van der Waals surface area contributed by atoms with Gasteiger partial charge in [0, 0.05) is 34.7 Å². The van der Waals surface area contributed by atoms with Gasteiger partial charge >= 0.3 is 0 Å². The Labute approximate surface area is 213 Å². The van der Waals surface area contributed by atoms with Gasteiger partial charge < -0.3 is 21.7 Å². The molecule has 0 aliphatic heterocycles. The summed E-state index contributed by atoms with van der Waals surface area (Å²) < 4.78 is 15.1. The number of hydrogen-bond donors (Lipinski definition) is 4. The minimum absolute atomic E-state index is 0.0682. The van der Waals surface area contributed by atoms with E-state index >= 15 is 4.39 Å².